The van der Waals surface area contributed by atoms with Gasteiger partial charge in [-0.25, -0.2) is 0 Å². The van der Waals surface area contributed by atoms with Crippen LogP contribution in [0, 0.1) is 5.92 Å². The van der Waals surface area contributed by atoms with Gasteiger partial charge in [0.05, 0.1) is 11.8 Å². The van der Waals surface area contributed by atoms with Gasteiger partial charge in [0.15, 0.2) is 0 Å². The van der Waals surface area contributed by atoms with Gasteiger partial charge in [-0.15, -0.1) is 0 Å². The van der Waals surface area contributed by atoms with Gasteiger partial charge < -0.3 is 14.8 Å². The van der Waals surface area contributed by atoms with Crippen molar-refractivity contribution in [2.75, 3.05) is 11.9 Å². The van der Waals surface area contributed by atoms with E-state index >= 15 is 0 Å². The van der Waals surface area contributed by atoms with Crippen molar-refractivity contribution in [3.8, 4) is 5.75 Å². The van der Waals surface area contributed by atoms with Crippen LogP contribution in [-0.2, 0) is 9.53 Å². The van der Waals surface area contributed by atoms with E-state index in [2.05, 4.69) is 24.1 Å². The topological polar surface area (TPSA) is 60.5 Å². The maximum atomic E-state index is 13.4. The third-order valence-electron chi connectivity index (χ3n) is 5.30. The lowest BCUT2D eigenvalue weighted by molar-refractivity contribution is -0.148. The summed E-state index contributed by atoms with van der Waals surface area (Å²) in [5, 5.41) is 4.02. The zero-order chi connectivity index (χ0) is 20.1. The van der Waals surface area contributed by atoms with Crippen LogP contribution in [0.3, 0.4) is 0 Å². The van der Waals surface area contributed by atoms with E-state index in [1.807, 2.05) is 38.1 Å². The number of carbonyl (C=O) groups excluding carboxylic acids is 1. The van der Waals surface area contributed by atoms with Crippen molar-refractivity contribution in [2.45, 2.75) is 71.5 Å². The number of fused-ring (bicyclic) bond motifs is 1. The summed E-state index contributed by atoms with van der Waals surface area (Å²) >= 11 is 0. The fraction of sp³-hybridized carbons (Fsp3) is 0.565. The molecule has 2 atom stereocenters. The molecule has 0 saturated heterocycles. The molecule has 1 aromatic carbocycles. The highest BCUT2D eigenvalue weighted by Gasteiger charge is 2.42. The molecule has 5 heteroatoms. The summed E-state index contributed by atoms with van der Waals surface area (Å²) < 4.78 is 12.1. The van der Waals surface area contributed by atoms with Gasteiger partial charge in [0.2, 0.25) is 0 Å². The molecule has 2 aromatic rings. The number of hydrogen-bond donors (Lipinski definition) is 1. The first-order valence-corrected chi connectivity index (χ1v) is 10.4. The number of carbonyl (C=O) groups is 1. The van der Waals surface area contributed by atoms with Crippen molar-refractivity contribution in [3.63, 3.8) is 0 Å². The summed E-state index contributed by atoms with van der Waals surface area (Å²) in [7, 11) is 0. The quantitative estimate of drug-likeness (QED) is 0.700. The van der Waals surface area contributed by atoms with Crippen LogP contribution in [-0.4, -0.2) is 29.2 Å². The van der Waals surface area contributed by atoms with Gasteiger partial charge >= 0.3 is 0 Å². The number of aromatic nitrogens is 1. The number of anilines is 1. The van der Waals surface area contributed by atoms with E-state index in [0.29, 0.717) is 12.5 Å². The fourth-order valence-corrected chi connectivity index (χ4v) is 4.04. The Morgan fingerprint density at radius 2 is 2.18 bits per heavy atom. The molecule has 1 saturated carbocycles. The molecule has 0 radical (unpaired) electrons. The van der Waals surface area contributed by atoms with Gasteiger partial charge in [-0.05, 0) is 69.7 Å². The Labute approximate surface area is 167 Å². The Kier molecular flexibility index (Phi) is 6.55. The molecular formula is C23H32N2O3. The van der Waals surface area contributed by atoms with E-state index in [1.165, 1.54) is 0 Å². The zero-order valence-corrected chi connectivity index (χ0v) is 17.5. The normalized spacial score (nSPS) is 22.4. The molecule has 1 heterocycles. The van der Waals surface area contributed by atoms with Crippen LogP contribution in [0.2, 0.25) is 0 Å². The Hall–Kier alpha value is -2.14. The third kappa shape index (κ3) is 4.46. The summed E-state index contributed by atoms with van der Waals surface area (Å²) in [5.41, 5.74) is 0.770. The highest BCUT2D eigenvalue weighted by molar-refractivity contribution is 6.05. The molecule has 152 valence electrons. The van der Waals surface area contributed by atoms with Gasteiger partial charge in [-0.2, -0.15) is 0 Å². The van der Waals surface area contributed by atoms with Crippen molar-refractivity contribution in [1.29, 1.82) is 0 Å². The molecule has 1 aliphatic carbocycles. The van der Waals surface area contributed by atoms with Crippen molar-refractivity contribution in [3.05, 3.63) is 30.5 Å². The first kappa shape index (κ1) is 20.6. The van der Waals surface area contributed by atoms with Crippen LogP contribution < -0.4 is 10.1 Å². The largest absolute Gasteiger partial charge is 0.489 e. The van der Waals surface area contributed by atoms with E-state index < -0.39 is 5.60 Å². The molecular weight excluding hydrogens is 352 g/mol. The lowest BCUT2D eigenvalue weighted by atomic mass is 9.78. The van der Waals surface area contributed by atoms with Crippen LogP contribution >= 0.6 is 0 Å². The highest BCUT2D eigenvalue weighted by atomic mass is 16.5. The number of nitrogens with one attached hydrogen (secondary N) is 1. The lowest BCUT2D eigenvalue weighted by Crippen LogP contribution is -2.48. The first-order chi connectivity index (χ1) is 13.4. The molecule has 0 aliphatic heterocycles. The molecule has 1 aromatic heterocycles. The van der Waals surface area contributed by atoms with Crippen LogP contribution in [0.25, 0.3) is 10.9 Å². The summed E-state index contributed by atoms with van der Waals surface area (Å²) in [6.45, 7) is 8.86. The Morgan fingerprint density at radius 1 is 1.36 bits per heavy atom. The number of rotatable bonds is 7. The second-order valence-electron chi connectivity index (χ2n) is 8.18. The van der Waals surface area contributed by atoms with E-state index in [0.717, 1.165) is 54.4 Å². The lowest BCUT2D eigenvalue weighted by Gasteiger charge is -2.38. The molecule has 0 unspecified atom stereocenters. The second kappa shape index (κ2) is 8.91. The highest BCUT2D eigenvalue weighted by Crippen LogP contribution is 2.37. The summed E-state index contributed by atoms with van der Waals surface area (Å²) in [6.07, 6.45) is 6.41. The standard InChI is InChI=1S/C23H32N2O3/c1-5-14-27-23(12-6-8-17(4)15-23)22(26)25-19-10-11-20(28-16(2)3)21-18(19)9-7-13-24-21/h7,9-11,13,16-17H,5-6,8,12,14-15H2,1-4H3,(H,25,26)/t17-,23-/m1/s1. The molecule has 1 amide bonds. The third-order valence-corrected chi connectivity index (χ3v) is 5.30. The second-order valence-corrected chi connectivity index (χ2v) is 8.18. The van der Waals surface area contributed by atoms with Crippen molar-refractivity contribution in [2.24, 2.45) is 5.92 Å². The number of nitrogens with zero attached hydrogens (tertiary/aromatic N) is 1. The Balaban J connectivity index is 1.91. The fourth-order valence-electron chi connectivity index (χ4n) is 4.04. The predicted octanol–water partition coefficient (Wildman–Crippen LogP) is 5.34. The van der Waals surface area contributed by atoms with Crippen LogP contribution in [0.1, 0.15) is 59.8 Å². The van der Waals surface area contributed by atoms with Crippen molar-refractivity contribution in [1.82, 2.24) is 4.98 Å². The Morgan fingerprint density at radius 3 is 2.89 bits per heavy atom. The maximum absolute atomic E-state index is 13.4. The molecule has 1 aliphatic rings. The predicted molar refractivity (Wildman–Crippen MR) is 113 cm³/mol. The minimum atomic E-state index is -0.741. The van der Waals surface area contributed by atoms with Crippen molar-refractivity contribution >= 4 is 22.5 Å². The molecule has 3 rings (SSSR count). The zero-order valence-electron chi connectivity index (χ0n) is 17.5. The van der Waals surface area contributed by atoms with E-state index in [4.69, 9.17) is 9.47 Å². The molecule has 0 spiro atoms. The summed E-state index contributed by atoms with van der Waals surface area (Å²) in [4.78, 5) is 17.8. The minimum Gasteiger partial charge on any atom is -0.489 e. The van der Waals surface area contributed by atoms with Crippen LogP contribution in [0.15, 0.2) is 30.5 Å². The monoisotopic (exact) mass is 384 g/mol. The number of pyridine rings is 1. The minimum absolute atomic E-state index is 0.0461. The van der Waals surface area contributed by atoms with Crippen LogP contribution in [0.4, 0.5) is 5.69 Å². The van der Waals surface area contributed by atoms with Gasteiger partial charge in [-0.3, -0.25) is 9.78 Å². The van der Waals surface area contributed by atoms with Gasteiger partial charge in [0.25, 0.3) is 5.91 Å². The molecule has 1 N–H and O–H groups in total. The molecule has 1 fully saturated rings. The molecule has 5 nitrogen and oxygen atoms in total. The summed E-state index contributed by atoms with van der Waals surface area (Å²) in [5.74, 6) is 1.17. The van der Waals surface area contributed by atoms with E-state index in [9.17, 15) is 4.79 Å². The molecule has 28 heavy (non-hydrogen) atoms. The Bertz CT molecular complexity index is 821. The SMILES string of the molecule is CCCO[C@]1(C(=O)Nc2ccc(OC(C)C)c3ncccc23)CCC[C@@H](C)C1. The van der Waals surface area contributed by atoms with E-state index in [-0.39, 0.29) is 12.0 Å². The molecule has 0 bridgehead atoms. The van der Waals surface area contributed by atoms with Gasteiger partial charge in [0, 0.05) is 18.2 Å². The average molecular weight is 385 g/mol. The number of ether oxygens (including phenoxy) is 2. The summed E-state index contributed by atoms with van der Waals surface area (Å²) in [6, 6.07) is 7.63. The van der Waals surface area contributed by atoms with Crippen molar-refractivity contribution < 1.29 is 14.3 Å². The van der Waals surface area contributed by atoms with Gasteiger partial charge in [0.1, 0.15) is 16.9 Å². The van der Waals surface area contributed by atoms with Gasteiger partial charge in [-0.1, -0.05) is 20.3 Å². The van der Waals surface area contributed by atoms with Crippen LogP contribution in [0.5, 0.6) is 5.75 Å². The maximum Gasteiger partial charge on any atom is 0.256 e. The first-order valence-electron chi connectivity index (χ1n) is 10.4. The number of hydrogen-bond acceptors (Lipinski definition) is 4. The van der Waals surface area contributed by atoms with E-state index in [1.54, 1.807) is 6.20 Å². The number of amides is 1. The average Bonchev–Trinajstić information content (AvgIpc) is 2.68. The number of benzene rings is 1. The smallest absolute Gasteiger partial charge is 0.256 e.